The number of benzene rings is 1. The Labute approximate surface area is 146 Å². The first kappa shape index (κ1) is 17.3. The van der Waals surface area contributed by atoms with E-state index in [4.69, 9.17) is 0 Å². The molecule has 1 aliphatic rings. The van der Waals surface area contributed by atoms with E-state index in [0.717, 1.165) is 36.1 Å². The maximum Gasteiger partial charge on any atom is 0.300 e. The molecule has 26 heavy (non-hydrogen) atoms. The fourth-order valence-corrected chi connectivity index (χ4v) is 2.90. The van der Waals surface area contributed by atoms with Crippen molar-refractivity contribution in [3.63, 3.8) is 0 Å². The number of carbonyl (C=O) groups is 1. The van der Waals surface area contributed by atoms with Crippen LogP contribution in [0.25, 0.3) is 0 Å². The number of nitrogens with one attached hydrogen (secondary N) is 1. The fourth-order valence-electron chi connectivity index (χ4n) is 2.90. The second-order valence-electron chi connectivity index (χ2n) is 5.74. The van der Waals surface area contributed by atoms with Gasteiger partial charge in [0.15, 0.2) is 5.69 Å². The summed E-state index contributed by atoms with van der Waals surface area (Å²) in [7, 11) is 0. The average Bonchev–Trinajstić information content (AvgIpc) is 3.14. The van der Waals surface area contributed by atoms with Crippen LogP contribution in [0, 0.1) is 20.2 Å². The molecular formula is C14H15N7O5. The van der Waals surface area contributed by atoms with E-state index < -0.39 is 27.1 Å². The lowest BCUT2D eigenvalue weighted by atomic mass is 10.1. The van der Waals surface area contributed by atoms with Crippen molar-refractivity contribution in [3.05, 3.63) is 50.6 Å². The van der Waals surface area contributed by atoms with Gasteiger partial charge >= 0.3 is 0 Å². The van der Waals surface area contributed by atoms with Crippen molar-refractivity contribution in [3.8, 4) is 0 Å². The summed E-state index contributed by atoms with van der Waals surface area (Å²) in [5.41, 5.74) is 1.19. The number of anilines is 1. The lowest BCUT2D eigenvalue weighted by molar-refractivity contribution is -0.392. The highest BCUT2D eigenvalue weighted by atomic mass is 16.6. The summed E-state index contributed by atoms with van der Waals surface area (Å²) >= 11 is 0. The summed E-state index contributed by atoms with van der Waals surface area (Å²) in [4.78, 5) is 35.6. The zero-order valence-corrected chi connectivity index (χ0v) is 13.6. The van der Waals surface area contributed by atoms with Gasteiger partial charge in [-0.2, -0.15) is 0 Å². The monoisotopic (exact) mass is 361 g/mol. The van der Waals surface area contributed by atoms with Gasteiger partial charge in [0.1, 0.15) is 12.7 Å². The Bertz CT molecular complexity index is 810. The normalized spacial score (nSPS) is 14.1. The second-order valence-corrected chi connectivity index (χ2v) is 5.74. The third-order valence-corrected chi connectivity index (χ3v) is 4.05. The van der Waals surface area contributed by atoms with Gasteiger partial charge in [-0.05, 0) is 19.3 Å². The molecular weight excluding hydrogens is 346 g/mol. The molecule has 12 heteroatoms. The zero-order valence-electron chi connectivity index (χ0n) is 13.6. The van der Waals surface area contributed by atoms with E-state index in [1.54, 1.807) is 4.90 Å². The maximum atomic E-state index is 12.3. The van der Waals surface area contributed by atoms with Crippen LogP contribution in [-0.4, -0.2) is 43.7 Å². The number of nitro groups is 2. The number of amides is 1. The fraction of sp³-hybridized carbons (Fsp3) is 0.357. The Kier molecular flexibility index (Phi) is 4.73. The molecule has 1 aliphatic heterocycles. The van der Waals surface area contributed by atoms with Crippen LogP contribution in [0.5, 0.6) is 0 Å². The van der Waals surface area contributed by atoms with Gasteiger partial charge < -0.3 is 4.90 Å². The molecule has 12 nitrogen and oxygen atoms in total. The smallest absolute Gasteiger partial charge is 0.300 e. The number of aromatic nitrogens is 3. The molecule has 1 saturated heterocycles. The number of hydrogen-bond acceptors (Lipinski definition) is 8. The van der Waals surface area contributed by atoms with Crippen LogP contribution >= 0.6 is 0 Å². The number of rotatable bonds is 5. The van der Waals surface area contributed by atoms with E-state index in [0.29, 0.717) is 13.1 Å². The molecule has 1 aromatic carbocycles. The van der Waals surface area contributed by atoms with Crippen molar-refractivity contribution < 1.29 is 14.6 Å². The second kappa shape index (κ2) is 7.13. The lowest BCUT2D eigenvalue weighted by Crippen LogP contribution is -2.31. The minimum atomic E-state index is -0.749. The van der Waals surface area contributed by atoms with E-state index in [1.807, 2.05) is 0 Å². The minimum absolute atomic E-state index is 0.0550. The molecule has 2 heterocycles. The Morgan fingerprint density at radius 1 is 1.00 bits per heavy atom. The first-order valence-corrected chi connectivity index (χ1v) is 7.85. The van der Waals surface area contributed by atoms with Crippen LogP contribution in [0.1, 0.15) is 29.6 Å². The van der Waals surface area contributed by atoms with Gasteiger partial charge in [-0.3, -0.25) is 30.4 Å². The summed E-state index contributed by atoms with van der Waals surface area (Å²) in [6.45, 7) is 0.988. The van der Waals surface area contributed by atoms with Gasteiger partial charge in [-0.25, -0.2) is 4.68 Å². The molecule has 0 saturated carbocycles. The molecule has 1 aromatic heterocycles. The topological polar surface area (TPSA) is 149 Å². The third-order valence-electron chi connectivity index (χ3n) is 4.05. The third kappa shape index (κ3) is 3.43. The first-order valence-electron chi connectivity index (χ1n) is 7.85. The SMILES string of the molecule is O=C(Nn1cnnc1)c1cc([N+](=O)[O-])c(N2CCCCC2)c([N+](=O)[O-])c1. The van der Waals surface area contributed by atoms with Crippen molar-refractivity contribution >= 4 is 23.0 Å². The molecule has 0 spiro atoms. The lowest BCUT2D eigenvalue weighted by Gasteiger charge is -2.28. The van der Waals surface area contributed by atoms with Crippen molar-refractivity contribution in [2.75, 3.05) is 23.4 Å². The Hall–Kier alpha value is -3.57. The van der Waals surface area contributed by atoms with Crippen LogP contribution in [0.4, 0.5) is 17.1 Å². The first-order chi connectivity index (χ1) is 12.5. The van der Waals surface area contributed by atoms with Crippen molar-refractivity contribution in [2.24, 2.45) is 0 Å². The molecule has 0 aliphatic carbocycles. The van der Waals surface area contributed by atoms with Crippen molar-refractivity contribution in [1.29, 1.82) is 0 Å². The molecule has 1 fully saturated rings. The Morgan fingerprint density at radius 3 is 2.04 bits per heavy atom. The number of hydrogen-bond donors (Lipinski definition) is 1. The largest absolute Gasteiger partial charge is 0.360 e. The summed E-state index contributed by atoms with van der Waals surface area (Å²) in [5.74, 6) is -0.749. The van der Waals surface area contributed by atoms with E-state index in [1.165, 1.54) is 12.7 Å². The summed E-state index contributed by atoms with van der Waals surface area (Å²) in [6.07, 6.45) is 4.98. The van der Waals surface area contributed by atoms with Crippen LogP contribution < -0.4 is 10.3 Å². The quantitative estimate of drug-likeness (QED) is 0.621. The molecule has 0 bridgehead atoms. The van der Waals surface area contributed by atoms with E-state index >= 15 is 0 Å². The summed E-state index contributed by atoms with van der Waals surface area (Å²) in [5, 5.41) is 30.1. The van der Waals surface area contributed by atoms with Crippen LogP contribution in [-0.2, 0) is 0 Å². The molecule has 136 valence electrons. The van der Waals surface area contributed by atoms with Gasteiger partial charge in [-0.15, -0.1) is 10.2 Å². The molecule has 0 radical (unpaired) electrons. The standard InChI is InChI=1S/C14H15N7O5/c22-14(17-19-8-15-16-9-19)10-6-11(20(23)24)13(12(7-10)21(25)26)18-4-2-1-3-5-18/h6-9H,1-5H2,(H,17,22). The van der Waals surface area contributed by atoms with Crippen molar-refractivity contribution in [1.82, 2.24) is 14.9 Å². The number of nitro benzene ring substituents is 2. The van der Waals surface area contributed by atoms with E-state index in [-0.39, 0.29) is 11.3 Å². The van der Waals surface area contributed by atoms with Gasteiger partial charge in [0.2, 0.25) is 0 Å². The van der Waals surface area contributed by atoms with Crippen LogP contribution in [0.15, 0.2) is 24.8 Å². The van der Waals surface area contributed by atoms with E-state index in [2.05, 4.69) is 15.6 Å². The zero-order chi connectivity index (χ0) is 18.7. The number of piperidine rings is 1. The van der Waals surface area contributed by atoms with Crippen LogP contribution in [0.2, 0.25) is 0 Å². The Morgan fingerprint density at radius 2 is 1.54 bits per heavy atom. The molecule has 2 aromatic rings. The van der Waals surface area contributed by atoms with Gasteiger partial charge in [0, 0.05) is 25.2 Å². The van der Waals surface area contributed by atoms with Gasteiger partial charge in [0.25, 0.3) is 17.3 Å². The minimum Gasteiger partial charge on any atom is -0.360 e. The highest BCUT2D eigenvalue weighted by molar-refractivity contribution is 6.02. The van der Waals surface area contributed by atoms with Crippen molar-refractivity contribution in [2.45, 2.75) is 19.3 Å². The predicted octanol–water partition coefficient (Wildman–Crippen LogP) is 1.47. The van der Waals surface area contributed by atoms with Gasteiger partial charge in [0.05, 0.1) is 15.4 Å². The number of carbonyl (C=O) groups excluding carboxylic acids is 1. The average molecular weight is 361 g/mol. The molecule has 1 N–H and O–H groups in total. The molecule has 0 unspecified atom stereocenters. The number of nitrogens with zero attached hydrogens (tertiary/aromatic N) is 6. The Balaban J connectivity index is 2.06. The molecule has 3 rings (SSSR count). The summed E-state index contributed by atoms with van der Waals surface area (Å²) < 4.78 is 1.14. The van der Waals surface area contributed by atoms with Crippen LogP contribution in [0.3, 0.4) is 0 Å². The highest BCUT2D eigenvalue weighted by Crippen LogP contribution is 2.40. The molecule has 0 atom stereocenters. The summed E-state index contributed by atoms with van der Waals surface area (Å²) in [6, 6.07) is 2.10. The molecule has 1 amide bonds. The predicted molar refractivity (Wildman–Crippen MR) is 89.5 cm³/mol. The van der Waals surface area contributed by atoms with E-state index in [9.17, 15) is 25.0 Å². The highest BCUT2D eigenvalue weighted by Gasteiger charge is 2.33. The maximum absolute atomic E-state index is 12.3. The van der Waals surface area contributed by atoms with Gasteiger partial charge in [-0.1, -0.05) is 0 Å².